The molecule has 4 fully saturated rings. The summed E-state index contributed by atoms with van der Waals surface area (Å²) in [6, 6.07) is 0.0310. The minimum Gasteiger partial charge on any atom is -0.511 e. The molecule has 4 rings (SSSR count). The first-order valence-electron chi connectivity index (χ1n) is 15.2. The van der Waals surface area contributed by atoms with Gasteiger partial charge in [0.05, 0.1) is 18.8 Å². The number of ether oxygens (including phenoxy) is 1. The van der Waals surface area contributed by atoms with E-state index in [1.807, 2.05) is 13.8 Å². The fourth-order valence-corrected chi connectivity index (χ4v) is 9.49. The van der Waals surface area contributed by atoms with Crippen LogP contribution >= 0.6 is 0 Å². The van der Waals surface area contributed by atoms with Gasteiger partial charge in [-0.05, 0) is 112 Å². The van der Waals surface area contributed by atoms with E-state index in [0.717, 1.165) is 44.9 Å². The predicted octanol–water partition coefficient (Wildman–Crippen LogP) is 4.69. The second kappa shape index (κ2) is 11.6. The first-order chi connectivity index (χ1) is 18.3. The van der Waals surface area contributed by atoms with Gasteiger partial charge in [-0.2, -0.15) is 0 Å². The Morgan fingerprint density at radius 3 is 2.44 bits per heavy atom. The van der Waals surface area contributed by atoms with Gasteiger partial charge in [-0.15, -0.1) is 0 Å². The van der Waals surface area contributed by atoms with Gasteiger partial charge in [0.15, 0.2) is 0 Å². The molecule has 0 radical (unpaired) electrons. The molecule has 0 aromatic heterocycles. The average molecular weight is 549 g/mol. The molecular formula is C31H52N2O6. The Morgan fingerprint density at radius 2 is 1.77 bits per heavy atom. The van der Waals surface area contributed by atoms with Crippen LogP contribution in [0.5, 0.6) is 0 Å². The molecule has 0 heterocycles. The van der Waals surface area contributed by atoms with Crippen LogP contribution in [0.4, 0.5) is 4.79 Å². The third kappa shape index (κ3) is 5.83. The lowest BCUT2D eigenvalue weighted by Crippen LogP contribution is -2.62. The summed E-state index contributed by atoms with van der Waals surface area (Å²) >= 11 is 0. The maximum Gasteiger partial charge on any atom is 0.407 e. The number of alkyl carbamates (subject to hydrolysis) is 1. The van der Waals surface area contributed by atoms with Crippen molar-refractivity contribution in [3.05, 3.63) is 12.3 Å². The molecule has 8 heteroatoms. The minimum absolute atomic E-state index is 0.0130. The van der Waals surface area contributed by atoms with Crippen LogP contribution in [0.25, 0.3) is 0 Å². The van der Waals surface area contributed by atoms with Gasteiger partial charge in [0.2, 0.25) is 5.91 Å². The summed E-state index contributed by atoms with van der Waals surface area (Å²) < 4.78 is 5.75. The quantitative estimate of drug-likeness (QED) is 0.280. The molecule has 4 aliphatic rings. The van der Waals surface area contributed by atoms with Crippen LogP contribution in [0.2, 0.25) is 0 Å². The SMILES string of the molecule is C=C(O)CNC(=O)CC[C@@H](C)[C@H]1CC[C@H]2[C@@H]3[C@H](O)C[C@@H]4C[C@H](OC(=O)NC(C)C)CC[C@]4(C)[C@H]3C[C@H](O)[C@]12C. The monoisotopic (exact) mass is 548 g/mol. The summed E-state index contributed by atoms with van der Waals surface area (Å²) in [6.07, 6.45) is 5.71. The van der Waals surface area contributed by atoms with Crippen LogP contribution in [-0.2, 0) is 9.53 Å². The van der Waals surface area contributed by atoms with Gasteiger partial charge in [-0.1, -0.05) is 27.4 Å². The van der Waals surface area contributed by atoms with Crippen molar-refractivity contribution < 1.29 is 29.6 Å². The highest BCUT2D eigenvalue weighted by atomic mass is 16.6. The van der Waals surface area contributed by atoms with Crippen LogP contribution in [0, 0.1) is 46.3 Å². The Bertz CT molecular complexity index is 925. The van der Waals surface area contributed by atoms with Crippen molar-refractivity contribution >= 4 is 12.0 Å². The molecule has 39 heavy (non-hydrogen) atoms. The molecular weight excluding hydrogens is 496 g/mol. The highest BCUT2D eigenvalue weighted by molar-refractivity contribution is 5.76. The number of carbonyl (C=O) groups is 2. The Kier molecular flexibility index (Phi) is 8.97. The lowest BCUT2D eigenvalue weighted by molar-refractivity contribution is -0.207. The molecule has 0 saturated heterocycles. The van der Waals surface area contributed by atoms with Crippen molar-refractivity contribution in [2.24, 2.45) is 46.3 Å². The van der Waals surface area contributed by atoms with Crippen LogP contribution in [0.1, 0.15) is 92.4 Å². The van der Waals surface area contributed by atoms with Gasteiger partial charge in [0.1, 0.15) is 11.9 Å². The predicted molar refractivity (Wildman–Crippen MR) is 150 cm³/mol. The Labute approximate surface area is 234 Å². The summed E-state index contributed by atoms with van der Waals surface area (Å²) in [4.78, 5) is 24.5. The number of carbonyl (C=O) groups excluding carboxylic acids is 2. The first kappa shape index (κ1) is 30.2. The number of amides is 2. The van der Waals surface area contributed by atoms with Crippen molar-refractivity contribution in [1.82, 2.24) is 10.6 Å². The summed E-state index contributed by atoms with van der Waals surface area (Å²) in [7, 11) is 0. The number of fused-ring (bicyclic) bond motifs is 5. The van der Waals surface area contributed by atoms with Gasteiger partial charge in [0.25, 0.3) is 0 Å². The lowest BCUT2D eigenvalue weighted by Gasteiger charge is -2.63. The fraction of sp³-hybridized carbons (Fsp3) is 0.871. The third-order valence-corrected chi connectivity index (χ3v) is 11.5. The highest BCUT2D eigenvalue weighted by Crippen LogP contribution is 2.68. The maximum absolute atomic E-state index is 12.2. The molecule has 4 saturated carbocycles. The van der Waals surface area contributed by atoms with Crippen molar-refractivity contribution in [2.45, 2.75) is 117 Å². The number of hydrogen-bond donors (Lipinski definition) is 5. The summed E-state index contributed by atoms with van der Waals surface area (Å²) in [5, 5.41) is 38.2. The summed E-state index contributed by atoms with van der Waals surface area (Å²) in [5.41, 5.74) is -0.269. The topological polar surface area (TPSA) is 128 Å². The van der Waals surface area contributed by atoms with Crippen molar-refractivity contribution in [3.63, 3.8) is 0 Å². The average Bonchev–Trinajstić information content (AvgIpc) is 3.20. The van der Waals surface area contributed by atoms with E-state index >= 15 is 0 Å². The second-order valence-corrected chi connectivity index (χ2v) is 14.1. The normalized spacial score (nSPS) is 42.1. The molecule has 222 valence electrons. The van der Waals surface area contributed by atoms with E-state index in [-0.39, 0.29) is 76.9 Å². The van der Waals surface area contributed by atoms with Crippen molar-refractivity contribution in [1.29, 1.82) is 0 Å². The third-order valence-electron chi connectivity index (χ3n) is 11.5. The molecule has 11 atom stereocenters. The zero-order valence-electron chi connectivity index (χ0n) is 24.6. The van der Waals surface area contributed by atoms with E-state index in [0.29, 0.717) is 18.8 Å². The van der Waals surface area contributed by atoms with Gasteiger partial charge in [-0.25, -0.2) is 4.79 Å². The number of aliphatic hydroxyl groups is 3. The fourth-order valence-electron chi connectivity index (χ4n) is 9.49. The van der Waals surface area contributed by atoms with Gasteiger partial charge in [-0.3, -0.25) is 4.79 Å². The van der Waals surface area contributed by atoms with Crippen molar-refractivity contribution in [2.75, 3.05) is 6.54 Å². The Balaban J connectivity index is 1.44. The van der Waals surface area contributed by atoms with E-state index < -0.39 is 12.2 Å². The van der Waals surface area contributed by atoms with Crippen molar-refractivity contribution in [3.8, 4) is 0 Å². The van der Waals surface area contributed by atoms with Crippen LogP contribution in [0.3, 0.4) is 0 Å². The maximum atomic E-state index is 12.2. The minimum atomic E-state index is -0.446. The smallest absolute Gasteiger partial charge is 0.407 e. The van der Waals surface area contributed by atoms with E-state index in [9.17, 15) is 24.9 Å². The zero-order valence-corrected chi connectivity index (χ0v) is 24.6. The van der Waals surface area contributed by atoms with E-state index in [1.165, 1.54) is 0 Å². The Morgan fingerprint density at radius 1 is 1.05 bits per heavy atom. The highest BCUT2D eigenvalue weighted by Gasteiger charge is 2.65. The van der Waals surface area contributed by atoms with Gasteiger partial charge >= 0.3 is 6.09 Å². The lowest BCUT2D eigenvalue weighted by atomic mass is 9.43. The first-order valence-corrected chi connectivity index (χ1v) is 15.2. The van der Waals surface area contributed by atoms with E-state index in [4.69, 9.17) is 4.74 Å². The van der Waals surface area contributed by atoms with Crippen LogP contribution < -0.4 is 10.6 Å². The van der Waals surface area contributed by atoms with Gasteiger partial charge < -0.3 is 30.7 Å². The largest absolute Gasteiger partial charge is 0.511 e. The Hall–Kier alpha value is -1.80. The number of aliphatic hydroxyl groups excluding tert-OH is 3. The van der Waals surface area contributed by atoms with E-state index in [1.54, 1.807) is 0 Å². The van der Waals surface area contributed by atoms with Gasteiger partial charge in [0, 0.05) is 12.5 Å². The summed E-state index contributed by atoms with van der Waals surface area (Å²) in [6.45, 7) is 14.1. The molecule has 8 nitrogen and oxygen atoms in total. The summed E-state index contributed by atoms with van der Waals surface area (Å²) in [5.74, 6) is 1.34. The number of rotatable bonds is 8. The molecule has 0 aromatic rings. The molecule has 0 aromatic carbocycles. The molecule has 0 spiro atoms. The zero-order chi connectivity index (χ0) is 28.7. The van der Waals surface area contributed by atoms with Crippen LogP contribution in [-0.4, -0.2) is 58.2 Å². The molecule has 4 aliphatic carbocycles. The second-order valence-electron chi connectivity index (χ2n) is 14.1. The molecule has 0 bridgehead atoms. The van der Waals surface area contributed by atoms with Crippen LogP contribution in [0.15, 0.2) is 12.3 Å². The molecule has 0 aliphatic heterocycles. The molecule has 2 amide bonds. The number of nitrogens with one attached hydrogen (secondary N) is 2. The van der Waals surface area contributed by atoms with E-state index in [2.05, 4.69) is 38.0 Å². The molecule has 5 N–H and O–H groups in total. The number of hydrogen-bond acceptors (Lipinski definition) is 6. The standard InChI is InChI=1S/C31H52N2O6/c1-17(2)33-29(38)39-21-11-12-30(5)20(13-21)14-25(35)28-23-9-8-22(31(23,6)26(36)15-24(28)30)18(3)7-10-27(37)32-16-19(4)34/h17-18,20-26,28,34-36H,4,7-16H2,1-3,5-6H3,(H,32,37)(H,33,38)/t18-,20+,21-,22-,23+,24+,25-,26+,28+,30+,31-/m1/s1. The molecule has 0 unspecified atom stereocenters.